The molecule has 0 bridgehead atoms. The highest BCUT2D eigenvalue weighted by molar-refractivity contribution is 6.76. The van der Waals surface area contributed by atoms with Crippen LogP contribution in [0.25, 0.3) is 0 Å². The number of carbonyl (C=O) groups excluding carboxylic acids is 4. The van der Waals surface area contributed by atoms with Crippen molar-refractivity contribution in [2.75, 3.05) is 13.7 Å². The molecule has 1 aliphatic heterocycles. The van der Waals surface area contributed by atoms with E-state index < -0.39 is 37.9 Å². The number of esters is 2. The van der Waals surface area contributed by atoms with Crippen LogP contribution in [0.2, 0.25) is 25.7 Å². The molecule has 1 heterocycles. The summed E-state index contributed by atoms with van der Waals surface area (Å²) in [5, 5.41) is 0. The van der Waals surface area contributed by atoms with Crippen molar-refractivity contribution in [2.45, 2.75) is 44.6 Å². The summed E-state index contributed by atoms with van der Waals surface area (Å²) in [5.41, 5.74) is 0.501. The van der Waals surface area contributed by atoms with E-state index in [9.17, 15) is 19.2 Å². The van der Waals surface area contributed by atoms with E-state index in [0.29, 0.717) is 0 Å². The lowest BCUT2D eigenvalue weighted by Crippen LogP contribution is -2.46. The van der Waals surface area contributed by atoms with Crippen molar-refractivity contribution in [1.29, 1.82) is 0 Å². The Balaban J connectivity index is 2.20. The lowest BCUT2D eigenvalue weighted by Gasteiger charge is -2.25. The predicted octanol–water partition coefficient (Wildman–Crippen LogP) is 2.49. The fourth-order valence-electron chi connectivity index (χ4n) is 2.75. The molecular weight excluding hydrogens is 366 g/mol. The second kappa shape index (κ2) is 8.47. The Labute approximate surface area is 159 Å². The molecule has 0 saturated carbocycles. The molecular formula is C19H25NO6Si. The summed E-state index contributed by atoms with van der Waals surface area (Å²) in [7, 11) is -0.168. The van der Waals surface area contributed by atoms with Crippen LogP contribution in [-0.4, -0.2) is 56.5 Å². The highest BCUT2D eigenvalue weighted by Crippen LogP contribution is 2.27. The standard InChI is InChI=1S/C19H25NO6Si/c1-25-16(21)10-9-15(19(24)26-11-12-27(2,3)4)20-17(22)13-7-5-6-8-14(13)18(20)23/h5-8,15H,9-12H2,1-4H3/t15-/m1/s1. The average Bonchev–Trinajstić information content (AvgIpc) is 2.86. The van der Waals surface area contributed by atoms with Crippen LogP contribution in [-0.2, 0) is 19.1 Å². The van der Waals surface area contributed by atoms with E-state index in [1.807, 2.05) is 0 Å². The molecule has 8 heteroatoms. The van der Waals surface area contributed by atoms with Gasteiger partial charge in [0.25, 0.3) is 11.8 Å². The van der Waals surface area contributed by atoms with Crippen LogP contribution in [0.1, 0.15) is 33.6 Å². The lowest BCUT2D eigenvalue weighted by molar-refractivity contribution is -0.148. The minimum Gasteiger partial charge on any atom is -0.469 e. The molecule has 0 N–H and O–H groups in total. The number of carbonyl (C=O) groups is 4. The summed E-state index contributed by atoms with van der Waals surface area (Å²) in [4.78, 5) is 50.5. The SMILES string of the molecule is COC(=O)CC[C@H](C(=O)OCC[Si](C)(C)C)N1C(=O)c2ccccc2C1=O. The fraction of sp³-hybridized carbons (Fsp3) is 0.474. The Morgan fingerprint density at radius 3 is 2.11 bits per heavy atom. The van der Waals surface area contributed by atoms with E-state index in [1.165, 1.54) is 7.11 Å². The van der Waals surface area contributed by atoms with Crippen molar-refractivity contribution in [2.24, 2.45) is 0 Å². The zero-order valence-corrected chi connectivity index (χ0v) is 17.1. The highest BCUT2D eigenvalue weighted by atomic mass is 28.3. The van der Waals surface area contributed by atoms with Gasteiger partial charge in [0.1, 0.15) is 6.04 Å². The van der Waals surface area contributed by atoms with E-state index in [2.05, 4.69) is 24.4 Å². The largest absolute Gasteiger partial charge is 0.469 e. The van der Waals surface area contributed by atoms with Gasteiger partial charge in [0, 0.05) is 14.5 Å². The number of rotatable bonds is 8. The van der Waals surface area contributed by atoms with Crippen molar-refractivity contribution in [1.82, 2.24) is 4.90 Å². The maximum atomic E-state index is 12.7. The number of fused-ring (bicyclic) bond motifs is 1. The van der Waals surface area contributed by atoms with Crippen molar-refractivity contribution >= 4 is 31.8 Å². The van der Waals surface area contributed by atoms with Crippen LogP contribution in [0, 0.1) is 0 Å². The van der Waals surface area contributed by atoms with Crippen LogP contribution in [0.5, 0.6) is 0 Å². The number of nitrogens with zero attached hydrogens (tertiary/aromatic N) is 1. The van der Waals surface area contributed by atoms with E-state index in [1.54, 1.807) is 24.3 Å². The monoisotopic (exact) mass is 391 g/mol. The van der Waals surface area contributed by atoms with Crippen molar-refractivity contribution in [3.63, 3.8) is 0 Å². The Kier molecular flexibility index (Phi) is 6.53. The number of hydrogen-bond donors (Lipinski definition) is 0. The molecule has 2 amide bonds. The summed E-state index contributed by atoms with van der Waals surface area (Å²) in [6.07, 6.45) is -0.137. The van der Waals surface area contributed by atoms with Gasteiger partial charge < -0.3 is 9.47 Å². The lowest BCUT2D eigenvalue weighted by atomic mass is 10.1. The van der Waals surface area contributed by atoms with E-state index in [-0.39, 0.29) is 30.6 Å². The van der Waals surface area contributed by atoms with Crippen molar-refractivity contribution in [3.8, 4) is 0 Å². The first-order chi connectivity index (χ1) is 12.7. The summed E-state index contributed by atoms with van der Waals surface area (Å²) in [5.74, 6) is -2.29. The van der Waals surface area contributed by atoms with Crippen molar-refractivity contribution < 1.29 is 28.7 Å². The molecule has 0 aromatic heterocycles. The van der Waals surface area contributed by atoms with Gasteiger partial charge in [0.2, 0.25) is 0 Å². The predicted molar refractivity (Wildman–Crippen MR) is 101 cm³/mol. The second-order valence-electron chi connectivity index (χ2n) is 7.63. The molecule has 27 heavy (non-hydrogen) atoms. The van der Waals surface area contributed by atoms with Gasteiger partial charge in [-0.3, -0.25) is 19.3 Å². The number of ether oxygens (including phenoxy) is 2. The normalized spacial score (nSPS) is 14.7. The third kappa shape index (κ3) is 5.03. The smallest absolute Gasteiger partial charge is 0.329 e. The van der Waals surface area contributed by atoms with Crippen LogP contribution in [0.15, 0.2) is 24.3 Å². The molecule has 0 spiro atoms. The van der Waals surface area contributed by atoms with Gasteiger partial charge >= 0.3 is 11.9 Å². The number of imide groups is 1. The van der Waals surface area contributed by atoms with Crippen LogP contribution >= 0.6 is 0 Å². The second-order valence-corrected chi connectivity index (χ2v) is 13.3. The fourth-order valence-corrected chi connectivity index (χ4v) is 3.47. The summed E-state index contributed by atoms with van der Waals surface area (Å²) < 4.78 is 9.96. The first-order valence-corrected chi connectivity index (χ1v) is 12.6. The molecule has 1 aromatic carbocycles. The number of benzene rings is 1. The Morgan fingerprint density at radius 1 is 1.07 bits per heavy atom. The van der Waals surface area contributed by atoms with Crippen LogP contribution in [0.4, 0.5) is 0 Å². The summed E-state index contributed by atoms with van der Waals surface area (Å²) >= 11 is 0. The van der Waals surface area contributed by atoms with Crippen LogP contribution < -0.4 is 0 Å². The number of hydrogen-bond acceptors (Lipinski definition) is 6. The van der Waals surface area contributed by atoms with Gasteiger partial charge in [-0.25, -0.2) is 4.79 Å². The van der Waals surface area contributed by atoms with E-state index in [4.69, 9.17) is 4.74 Å². The third-order valence-electron chi connectivity index (χ3n) is 4.36. The molecule has 1 atom stereocenters. The van der Waals surface area contributed by atoms with Crippen molar-refractivity contribution in [3.05, 3.63) is 35.4 Å². The average molecular weight is 391 g/mol. The molecule has 7 nitrogen and oxygen atoms in total. The van der Waals surface area contributed by atoms with Crippen LogP contribution in [0.3, 0.4) is 0 Å². The number of amides is 2. The Hall–Kier alpha value is -2.48. The molecule has 0 radical (unpaired) electrons. The van der Waals surface area contributed by atoms with Gasteiger partial charge in [-0.1, -0.05) is 31.8 Å². The molecule has 1 aromatic rings. The molecule has 0 aliphatic carbocycles. The first-order valence-electron chi connectivity index (χ1n) is 8.86. The maximum absolute atomic E-state index is 12.7. The zero-order chi connectivity index (χ0) is 20.2. The molecule has 0 saturated heterocycles. The van der Waals surface area contributed by atoms with Gasteiger partial charge in [-0.2, -0.15) is 0 Å². The molecule has 146 valence electrons. The van der Waals surface area contributed by atoms with Gasteiger partial charge in [0.05, 0.1) is 24.8 Å². The minimum atomic E-state index is -1.41. The highest BCUT2D eigenvalue weighted by Gasteiger charge is 2.43. The zero-order valence-electron chi connectivity index (χ0n) is 16.1. The molecule has 0 fully saturated rings. The van der Waals surface area contributed by atoms with Gasteiger partial charge in [-0.05, 0) is 24.6 Å². The minimum absolute atomic E-state index is 0.0378. The van der Waals surface area contributed by atoms with Gasteiger partial charge in [0.15, 0.2) is 0 Å². The Morgan fingerprint density at radius 2 is 1.63 bits per heavy atom. The molecule has 1 aliphatic rings. The van der Waals surface area contributed by atoms with Gasteiger partial charge in [-0.15, -0.1) is 0 Å². The number of methoxy groups -OCH3 is 1. The third-order valence-corrected chi connectivity index (χ3v) is 6.06. The Bertz CT molecular complexity index is 720. The van der Waals surface area contributed by atoms with E-state index >= 15 is 0 Å². The molecule has 2 rings (SSSR count). The quantitative estimate of drug-likeness (QED) is 0.384. The summed E-state index contributed by atoms with van der Waals surface area (Å²) in [6, 6.07) is 6.02. The molecule has 0 unspecified atom stereocenters. The van der Waals surface area contributed by atoms with E-state index in [0.717, 1.165) is 10.9 Å². The summed E-state index contributed by atoms with van der Waals surface area (Å²) in [6.45, 7) is 6.69. The topological polar surface area (TPSA) is 90.0 Å². The first kappa shape index (κ1) is 20.8. The maximum Gasteiger partial charge on any atom is 0.329 e.